The molecule has 0 amide bonds. The Balaban J connectivity index is 1.47. The number of benzene rings is 2. The molecule has 8 nitrogen and oxygen atoms in total. The van der Waals surface area contributed by atoms with Gasteiger partial charge in [-0.25, -0.2) is 27.8 Å². The van der Waals surface area contributed by atoms with Crippen LogP contribution in [0.3, 0.4) is 0 Å². The van der Waals surface area contributed by atoms with Gasteiger partial charge in [-0.3, -0.25) is 4.72 Å². The third kappa shape index (κ3) is 5.73. The summed E-state index contributed by atoms with van der Waals surface area (Å²) >= 11 is 5.69. The molecular weight excluding hydrogens is 467 g/mol. The predicted octanol–water partition coefficient (Wildman–Crippen LogP) is 5.26. The van der Waals surface area contributed by atoms with Crippen LogP contribution in [0.15, 0.2) is 77.8 Å². The first-order valence-electron chi connectivity index (χ1n) is 9.67. The molecule has 0 aliphatic heterocycles. The Hall–Kier alpha value is -3.76. The lowest BCUT2D eigenvalue weighted by atomic mass is 10.3. The molecule has 11 heteroatoms. The number of pyridine rings is 1. The molecule has 0 aliphatic carbocycles. The number of hydrogen-bond donors (Lipinski definition) is 3. The second-order valence-corrected chi connectivity index (χ2v) is 9.00. The molecule has 2 aromatic heterocycles. The zero-order chi connectivity index (χ0) is 23.4. The van der Waals surface area contributed by atoms with Crippen LogP contribution in [-0.2, 0) is 10.0 Å². The number of nitrogens with zero attached hydrogens (tertiary/aromatic N) is 3. The van der Waals surface area contributed by atoms with Crippen molar-refractivity contribution < 1.29 is 12.8 Å². The molecule has 4 rings (SSSR count). The Morgan fingerprint density at radius 2 is 1.55 bits per heavy atom. The van der Waals surface area contributed by atoms with Crippen molar-refractivity contribution >= 4 is 50.5 Å². The highest BCUT2D eigenvalue weighted by molar-refractivity contribution is 7.92. The summed E-state index contributed by atoms with van der Waals surface area (Å²) in [4.78, 5) is 12.8. The highest BCUT2D eigenvalue weighted by atomic mass is 35.5. The summed E-state index contributed by atoms with van der Waals surface area (Å²) in [6.07, 6.45) is 1.68. The van der Waals surface area contributed by atoms with Gasteiger partial charge >= 0.3 is 0 Å². The summed E-state index contributed by atoms with van der Waals surface area (Å²) in [5.74, 6) is 1.65. The molecule has 0 atom stereocenters. The van der Waals surface area contributed by atoms with Crippen LogP contribution in [0.25, 0.3) is 0 Å². The Kier molecular flexibility index (Phi) is 6.38. The molecule has 4 aromatic rings. The van der Waals surface area contributed by atoms with Gasteiger partial charge in [0.15, 0.2) is 0 Å². The number of rotatable bonds is 7. The summed E-state index contributed by atoms with van der Waals surface area (Å²) < 4.78 is 40.8. The maximum atomic E-state index is 13.3. The summed E-state index contributed by atoms with van der Waals surface area (Å²) in [6.45, 7) is 1.77. The van der Waals surface area contributed by atoms with Gasteiger partial charge < -0.3 is 10.6 Å². The Morgan fingerprint density at radius 3 is 2.21 bits per heavy atom. The van der Waals surface area contributed by atoms with Crippen molar-refractivity contribution in [3.63, 3.8) is 0 Å². The second-order valence-electron chi connectivity index (χ2n) is 6.91. The third-order valence-corrected chi connectivity index (χ3v) is 6.04. The van der Waals surface area contributed by atoms with E-state index in [0.29, 0.717) is 34.7 Å². The maximum Gasteiger partial charge on any atom is 0.261 e. The first kappa shape index (κ1) is 22.4. The maximum absolute atomic E-state index is 13.3. The third-order valence-electron chi connectivity index (χ3n) is 4.37. The quantitative estimate of drug-likeness (QED) is 0.328. The van der Waals surface area contributed by atoms with Crippen molar-refractivity contribution in [3.8, 4) is 0 Å². The van der Waals surface area contributed by atoms with Gasteiger partial charge in [-0.05, 0) is 61.5 Å². The minimum Gasteiger partial charge on any atom is -0.340 e. The van der Waals surface area contributed by atoms with E-state index in [2.05, 4.69) is 30.3 Å². The molecule has 168 valence electrons. The van der Waals surface area contributed by atoms with Crippen LogP contribution in [0.2, 0.25) is 5.02 Å². The van der Waals surface area contributed by atoms with E-state index in [1.807, 2.05) is 18.2 Å². The summed E-state index contributed by atoms with van der Waals surface area (Å²) in [6, 6.07) is 17.0. The van der Waals surface area contributed by atoms with Crippen molar-refractivity contribution in [2.24, 2.45) is 0 Å². The molecule has 0 saturated carbocycles. The summed E-state index contributed by atoms with van der Waals surface area (Å²) in [5, 5.41) is 6.01. The number of nitrogens with one attached hydrogen (secondary N) is 3. The van der Waals surface area contributed by atoms with Crippen LogP contribution in [0.1, 0.15) is 5.82 Å². The fourth-order valence-electron chi connectivity index (χ4n) is 2.89. The van der Waals surface area contributed by atoms with E-state index in [4.69, 9.17) is 11.6 Å². The van der Waals surface area contributed by atoms with E-state index in [1.54, 1.807) is 43.5 Å². The number of halogens is 2. The molecule has 2 aromatic carbocycles. The molecule has 0 unspecified atom stereocenters. The fourth-order valence-corrected chi connectivity index (χ4v) is 4.22. The number of anilines is 5. The van der Waals surface area contributed by atoms with Gasteiger partial charge in [-0.15, -0.1) is 0 Å². The first-order valence-corrected chi connectivity index (χ1v) is 11.5. The van der Waals surface area contributed by atoms with Crippen LogP contribution in [0, 0.1) is 12.7 Å². The van der Waals surface area contributed by atoms with Gasteiger partial charge in [0.2, 0.25) is 0 Å². The topological polar surface area (TPSA) is 109 Å². The lowest BCUT2D eigenvalue weighted by Crippen LogP contribution is -2.13. The largest absolute Gasteiger partial charge is 0.340 e. The van der Waals surface area contributed by atoms with Gasteiger partial charge in [0, 0.05) is 23.6 Å². The van der Waals surface area contributed by atoms with Crippen LogP contribution in [-0.4, -0.2) is 23.4 Å². The Bertz CT molecular complexity index is 1390. The van der Waals surface area contributed by atoms with E-state index in [9.17, 15) is 12.8 Å². The molecule has 0 saturated heterocycles. The molecule has 0 radical (unpaired) electrons. The van der Waals surface area contributed by atoms with Gasteiger partial charge in [0.05, 0.1) is 9.92 Å². The van der Waals surface area contributed by atoms with Crippen molar-refractivity contribution in [3.05, 3.63) is 89.6 Å². The van der Waals surface area contributed by atoms with Crippen LogP contribution in [0.4, 0.5) is 33.2 Å². The second kappa shape index (κ2) is 9.39. The predicted molar refractivity (Wildman–Crippen MR) is 126 cm³/mol. The standard InChI is InChI=1S/C22H18ClFN6O2S/c1-14-26-21(13-22(27-14)29-20-4-2-3-11-25-20)28-15-5-7-16(8-6-15)30-33(31,32)17-9-10-19(24)18(23)12-17/h2-13,30H,1H3,(H2,25,26,27,28,29). The Morgan fingerprint density at radius 1 is 0.848 bits per heavy atom. The number of hydrogen-bond acceptors (Lipinski definition) is 7. The fraction of sp³-hybridized carbons (Fsp3) is 0.0455. The summed E-state index contributed by atoms with van der Waals surface area (Å²) in [7, 11) is -3.92. The van der Waals surface area contributed by atoms with Crippen molar-refractivity contribution in [1.82, 2.24) is 15.0 Å². The average Bonchev–Trinajstić information content (AvgIpc) is 2.77. The minimum absolute atomic E-state index is 0.138. The number of aryl methyl sites for hydroxylation is 1. The van der Waals surface area contributed by atoms with Gasteiger partial charge in [-0.1, -0.05) is 17.7 Å². The molecule has 0 spiro atoms. The van der Waals surface area contributed by atoms with Gasteiger partial charge in [0.1, 0.15) is 29.1 Å². The molecular formula is C22H18ClFN6O2S. The van der Waals surface area contributed by atoms with Crippen molar-refractivity contribution in [2.75, 3.05) is 15.4 Å². The first-order chi connectivity index (χ1) is 15.8. The molecule has 0 bridgehead atoms. The van der Waals surface area contributed by atoms with E-state index in [-0.39, 0.29) is 9.92 Å². The number of aromatic nitrogens is 3. The molecule has 3 N–H and O–H groups in total. The van der Waals surface area contributed by atoms with E-state index < -0.39 is 15.8 Å². The SMILES string of the molecule is Cc1nc(Nc2ccc(NS(=O)(=O)c3ccc(F)c(Cl)c3)cc2)cc(Nc2ccccn2)n1. The lowest BCUT2D eigenvalue weighted by molar-refractivity contribution is 0.599. The van der Waals surface area contributed by atoms with Crippen molar-refractivity contribution in [2.45, 2.75) is 11.8 Å². The highest BCUT2D eigenvalue weighted by Crippen LogP contribution is 2.24. The monoisotopic (exact) mass is 484 g/mol. The smallest absolute Gasteiger partial charge is 0.261 e. The molecule has 0 aliphatic rings. The van der Waals surface area contributed by atoms with Crippen LogP contribution < -0.4 is 15.4 Å². The van der Waals surface area contributed by atoms with Crippen LogP contribution >= 0.6 is 11.6 Å². The normalized spacial score (nSPS) is 11.1. The zero-order valence-corrected chi connectivity index (χ0v) is 18.8. The highest BCUT2D eigenvalue weighted by Gasteiger charge is 2.16. The molecule has 2 heterocycles. The lowest BCUT2D eigenvalue weighted by Gasteiger charge is -2.11. The van der Waals surface area contributed by atoms with E-state index in [1.165, 1.54) is 0 Å². The van der Waals surface area contributed by atoms with E-state index in [0.717, 1.165) is 18.2 Å². The Labute approximate surface area is 195 Å². The minimum atomic E-state index is -3.92. The summed E-state index contributed by atoms with van der Waals surface area (Å²) in [5.41, 5.74) is 1.02. The number of sulfonamides is 1. The van der Waals surface area contributed by atoms with Crippen molar-refractivity contribution in [1.29, 1.82) is 0 Å². The van der Waals surface area contributed by atoms with Gasteiger partial charge in [-0.2, -0.15) is 0 Å². The average molecular weight is 485 g/mol. The zero-order valence-electron chi connectivity index (χ0n) is 17.3. The van der Waals surface area contributed by atoms with Crippen LogP contribution in [0.5, 0.6) is 0 Å². The van der Waals surface area contributed by atoms with Gasteiger partial charge in [0.25, 0.3) is 10.0 Å². The molecule has 0 fully saturated rings. The van der Waals surface area contributed by atoms with E-state index >= 15 is 0 Å². The molecule has 33 heavy (non-hydrogen) atoms.